The van der Waals surface area contributed by atoms with Crippen molar-refractivity contribution in [2.24, 2.45) is 0 Å². The van der Waals surface area contributed by atoms with E-state index < -0.39 is 0 Å². The van der Waals surface area contributed by atoms with E-state index in [4.69, 9.17) is 17.3 Å². The van der Waals surface area contributed by atoms with Crippen molar-refractivity contribution in [1.29, 1.82) is 0 Å². The molecule has 0 amide bonds. The third-order valence-corrected chi connectivity index (χ3v) is 3.05. The predicted molar refractivity (Wildman–Crippen MR) is 71.0 cm³/mol. The quantitative estimate of drug-likeness (QED) is 0.662. The van der Waals surface area contributed by atoms with Crippen LogP contribution in [-0.2, 0) is 0 Å². The number of hydrogen-bond donors (Lipinski definition) is 3. The molecule has 2 heterocycles. The van der Waals surface area contributed by atoms with E-state index in [1.54, 1.807) is 12.4 Å². The number of nitrogen functional groups attached to an aromatic ring is 1. The normalized spacial score (nSPS) is 10.7. The minimum atomic E-state index is 0.416. The van der Waals surface area contributed by atoms with Crippen molar-refractivity contribution in [3.05, 3.63) is 41.7 Å². The summed E-state index contributed by atoms with van der Waals surface area (Å²) in [5, 5.41) is 14.3. The third kappa shape index (κ3) is 1.65. The molecule has 0 aliphatic rings. The van der Waals surface area contributed by atoms with Crippen LogP contribution in [0.3, 0.4) is 0 Å². The van der Waals surface area contributed by atoms with Crippen LogP contribution in [-0.4, -0.2) is 20.4 Å². The van der Waals surface area contributed by atoms with Gasteiger partial charge in [0, 0.05) is 22.3 Å². The lowest BCUT2D eigenvalue weighted by molar-refractivity contribution is 1.09. The Labute approximate surface area is 108 Å². The lowest BCUT2D eigenvalue weighted by Crippen LogP contribution is -1.89. The molecule has 0 saturated heterocycles. The van der Waals surface area contributed by atoms with E-state index in [9.17, 15) is 0 Å². The molecule has 0 radical (unpaired) electrons. The maximum Gasteiger partial charge on any atom is 0.153 e. The van der Waals surface area contributed by atoms with Gasteiger partial charge in [-0.05, 0) is 6.07 Å². The maximum atomic E-state index is 6.20. The van der Waals surface area contributed by atoms with Crippen molar-refractivity contribution in [3.8, 4) is 22.4 Å². The standard InChI is InChI=1S/C12H10ClN5/c13-9-4-2-1-3-8(9)10-11(17-18-12(10)14)7-5-15-16-6-7/h1-6H,(H,15,16)(H3,14,17,18). The van der Waals surface area contributed by atoms with Crippen LogP contribution in [0.5, 0.6) is 0 Å². The molecule has 0 unspecified atom stereocenters. The van der Waals surface area contributed by atoms with Crippen LogP contribution < -0.4 is 5.73 Å². The van der Waals surface area contributed by atoms with Crippen molar-refractivity contribution in [1.82, 2.24) is 20.4 Å². The fraction of sp³-hybridized carbons (Fsp3) is 0. The van der Waals surface area contributed by atoms with Crippen LogP contribution in [0.1, 0.15) is 0 Å². The highest BCUT2D eigenvalue weighted by Gasteiger charge is 2.17. The molecule has 6 heteroatoms. The van der Waals surface area contributed by atoms with E-state index >= 15 is 0 Å². The fourth-order valence-corrected chi connectivity index (χ4v) is 2.12. The number of nitrogens with one attached hydrogen (secondary N) is 2. The van der Waals surface area contributed by atoms with Gasteiger partial charge in [-0.1, -0.05) is 29.8 Å². The zero-order valence-electron chi connectivity index (χ0n) is 9.31. The topological polar surface area (TPSA) is 83.4 Å². The van der Waals surface area contributed by atoms with Crippen molar-refractivity contribution in [3.63, 3.8) is 0 Å². The number of rotatable bonds is 2. The summed E-state index contributed by atoms with van der Waals surface area (Å²) in [6.07, 6.45) is 3.47. The van der Waals surface area contributed by atoms with Gasteiger partial charge in [0.05, 0.1) is 17.5 Å². The number of benzene rings is 1. The van der Waals surface area contributed by atoms with Crippen LogP contribution in [0.25, 0.3) is 22.4 Å². The number of nitrogens with zero attached hydrogens (tertiary/aromatic N) is 2. The smallest absolute Gasteiger partial charge is 0.153 e. The van der Waals surface area contributed by atoms with Gasteiger partial charge in [0.1, 0.15) is 0 Å². The Kier molecular flexibility index (Phi) is 2.53. The van der Waals surface area contributed by atoms with Crippen molar-refractivity contribution in [2.75, 3.05) is 5.73 Å². The summed E-state index contributed by atoms with van der Waals surface area (Å²) < 4.78 is 0. The molecular formula is C12H10ClN5. The van der Waals surface area contributed by atoms with E-state index in [0.717, 1.165) is 22.4 Å². The number of H-pyrrole nitrogens is 2. The number of anilines is 1. The highest BCUT2D eigenvalue weighted by atomic mass is 35.5. The molecule has 0 bridgehead atoms. The van der Waals surface area contributed by atoms with Crippen LogP contribution in [0, 0.1) is 0 Å². The van der Waals surface area contributed by atoms with Gasteiger partial charge in [-0.25, -0.2) is 0 Å². The Balaban J connectivity index is 2.24. The molecule has 3 rings (SSSR count). The predicted octanol–water partition coefficient (Wildman–Crippen LogP) is 2.70. The first-order valence-electron chi connectivity index (χ1n) is 5.35. The Hall–Kier alpha value is -2.27. The first-order chi connectivity index (χ1) is 8.77. The molecule has 90 valence electrons. The molecule has 4 N–H and O–H groups in total. The van der Waals surface area contributed by atoms with Crippen LogP contribution in [0.4, 0.5) is 5.82 Å². The molecule has 1 aromatic carbocycles. The Morgan fingerprint density at radius 1 is 1.22 bits per heavy atom. The van der Waals surface area contributed by atoms with Gasteiger partial charge in [-0.3, -0.25) is 10.2 Å². The maximum absolute atomic E-state index is 6.20. The van der Waals surface area contributed by atoms with Gasteiger partial charge in [-0.2, -0.15) is 10.2 Å². The highest BCUT2D eigenvalue weighted by molar-refractivity contribution is 6.33. The van der Waals surface area contributed by atoms with E-state index in [0.29, 0.717) is 10.8 Å². The van der Waals surface area contributed by atoms with Gasteiger partial charge in [0.15, 0.2) is 5.82 Å². The zero-order chi connectivity index (χ0) is 12.5. The molecule has 0 atom stereocenters. The lowest BCUT2D eigenvalue weighted by atomic mass is 10.0. The van der Waals surface area contributed by atoms with Crippen LogP contribution in [0.15, 0.2) is 36.7 Å². The molecule has 0 spiro atoms. The largest absolute Gasteiger partial charge is 0.382 e. The molecule has 0 saturated carbocycles. The van der Waals surface area contributed by atoms with Gasteiger partial charge < -0.3 is 5.73 Å². The summed E-state index contributed by atoms with van der Waals surface area (Å²) in [6, 6.07) is 7.52. The van der Waals surface area contributed by atoms with E-state index in [2.05, 4.69) is 20.4 Å². The van der Waals surface area contributed by atoms with E-state index in [-0.39, 0.29) is 0 Å². The third-order valence-electron chi connectivity index (χ3n) is 2.72. The second-order valence-corrected chi connectivity index (χ2v) is 4.23. The van der Waals surface area contributed by atoms with Crippen LogP contribution >= 0.6 is 11.6 Å². The number of nitrogens with two attached hydrogens (primary N) is 1. The molecule has 2 aromatic heterocycles. The van der Waals surface area contributed by atoms with E-state index in [1.807, 2.05) is 24.3 Å². The summed E-state index contributed by atoms with van der Waals surface area (Å²) >= 11 is 6.20. The van der Waals surface area contributed by atoms with Crippen molar-refractivity contribution in [2.45, 2.75) is 0 Å². The van der Waals surface area contributed by atoms with Crippen molar-refractivity contribution >= 4 is 17.4 Å². The molecule has 0 aliphatic carbocycles. The summed E-state index contributed by atoms with van der Waals surface area (Å²) in [4.78, 5) is 0. The molecule has 0 fully saturated rings. The second kappa shape index (κ2) is 4.19. The number of halogens is 1. The van der Waals surface area contributed by atoms with E-state index in [1.165, 1.54) is 0 Å². The summed E-state index contributed by atoms with van der Waals surface area (Å²) in [5.41, 5.74) is 9.24. The minimum absolute atomic E-state index is 0.416. The average Bonchev–Trinajstić information content (AvgIpc) is 2.99. The minimum Gasteiger partial charge on any atom is -0.382 e. The number of aromatic nitrogens is 4. The fourth-order valence-electron chi connectivity index (χ4n) is 1.89. The molecule has 18 heavy (non-hydrogen) atoms. The Morgan fingerprint density at radius 2 is 2.06 bits per heavy atom. The molecular weight excluding hydrogens is 250 g/mol. The summed E-state index contributed by atoms with van der Waals surface area (Å²) in [6.45, 7) is 0. The first-order valence-corrected chi connectivity index (χ1v) is 5.73. The monoisotopic (exact) mass is 259 g/mol. The van der Waals surface area contributed by atoms with Gasteiger partial charge in [0.2, 0.25) is 0 Å². The molecule has 3 aromatic rings. The van der Waals surface area contributed by atoms with Gasteiger partial charge >= 0.3 is 0 Å². The number of hydrogen-bond acceptors (Lipinski definition) is 3. The molecule has 5 nitrogen and oxygen atoms in total. The summed E-state index contributed by atoms with van der Waals surface area (Å²) in [5.74, 6) is 0.416. The van der Waals surface area contributed by atoms with Crippen LogP contribution in [0.2, 0.25) is 5.02 Å². The zero-order valence-corrected chi connectivity index (χ0v) is 10.1. The SMILES string of the molecule is Nc1n[nH]c(-c2cn[nH]c2)c1-c1ccccc1Cl. The molecule has 0 aliphatic heterocycles. The van der Waals surface area contributed by atoms with Gasteiger partial charge in [0.25, 0.3) is 0 Å². The van der Waals surface area contributed by atoms with Crippen molar-refractivity contribution < 1.29 is 0 Å². The Morgan fingerprint density at radius 3 is 2.78 bits per heavy atom. The lowest BCUT2D eigenvalue weighted by Gasteiger charge is -2.04. The average molecular weight is 260 g/mol. The van der Waals surface area contributed by atoms with Gasteiger partial charge in [-0.15, -0.1) is 0 Å². The summed E-state index contributed by atoms with van der Waals surface area (Å²) in [7, 11) is 0. The Bertz CT molecular complexity index is 672. The highest BCUT2D eigenvalue weighted by Crippen LogP contribution is 2.37. The number of aromatic amines is 2. The first kappa shape index (κ1) is 10.9. The second-order valence-electron chi connectivity index (χ2n) is 3.83.